The van der Waals surface area contributed by atoms with E-state index < -0.39 is 18.2 Å². The summed E-state index contributed by atoms with van der Waals surface area (Å²) >= 11 is 0. The summed E-state index contributed by atoms with van der Waals surface area (Å²) in [6.07, 6.45) is 2.48. The van der Waals surface area contributed by atoms with E-state index in [0.717, 1.165) is 17.6 Å². The normalized spacial score (nSPS) is 11.4. The van der Waals surface area contributed by atoms with E-state index >= 15 is 0 Å². The molecule has 0 aromatic heterocycles. The second-order valence-electron chi connectivity index (χ2n) is 4.68. The Hall–Kier alpha value is -2.10. The highest BCUT2D eigenvalue weighted by atomic mass is 16.7. The van der Waals surface area contributed by atoms with Gasteiger partial charge in [-0.1, -0.05) is 38.1 Å². The van der Waals surface area contributed by atoms with E-state index in [0.29, 0.717) is 6.42 Å². The highest BCUT2D eigenvalue weighted by molar-refractivity contribution is 5.69. The number of esters is 2. The molecule has 1 rings (SSSR count). The average molecular weight is 290 g/mol. The Morgan fingerprint density at radius 3 is 2.14 bits per heavy atom. The summed E-state index contributed by atoms with van der Waals surface area (Å²) < 4.78 is 10.2. The molecule has 0 saturated heterocycles. The zero-order valence-electron chi connectivity index (χ0n) is 13.0. The number of carbonyl (C=O) groups excluding carboxylic acids is 2. The molecule has 0 aliphatic carbocycles. The van der Waals surface area contributed by atoms with Gasteiger partial charge in [-0.3, -0.25) is 9.59 Å². The topological polar surface area (TPSA) is 52.6 Å². The van der Waals surface area contributed by atoms with Crippen LogP contribution in [0, 0.1) is 0 Å². The molecule has 0 aliphatic heterocycles. The van der Waals surface area contributed by atoms with Crippen LogP contribution in [0.15, 0.2) is 29.8 Å². The van der Waals surface area contributed by atoms with Crippen LogP contribution in [0.3, 0.4) is 0 Å². The molecule has 0 fully saturated rings. The van der Waals surface area contributed by atoms with E-state index in [-0.39, 0.29) is 0 Å². The molecular formula is C17H22O4. The Labute approximate surface area is 125 Å². The zero-order chi connectivity index (χ0) is 15.8. The molecule has 0 spiro atoms. The van der Waals surface area contributed by atoms with E-state index in [4.69, 9.17) is 9.47 Å². The van der Waals surface area contributed by atoms with Gasteiger partial charge in [-0.05, 0) is 30.0 Å². The van der Waals surface area contributed by atoms with E-state index in [2.05, 4.69) is 6.92 Å². The molecule has 0 bridgehead atoms. The molecule has 114 valence electrons. The van der Waals surface area contributed by atoms with Gasteiger partial charge < -0.3 is 9.47 Å². The third kappa shape index (κ3) is 5.42. The van der Waals surface area contributed by atoms with Crippen molar-refractivity contribution >= 4 is 18.0 Å². The lowest BCUT2D eigenvalue weighted by Crippen LogP contribution is -2.24. The fourth-order valence-electron chi connectivity index (χ4n) is 2.01. The Balaban J connectivity index is 3.13. The van der Waals surface area contributed by atoms with Crippen LogP contribution in [0.25, 0.3) is 6.08 Å². The van der Waals surface area contributed by atoms with Gasteiger partial charge in [0.1, 0.15) is 0 Å². The van der Waals surface area contributed by atoms with Gasteiger partial charge >= 0.3 is 11.9 Å². The van der Waals surface area contributed by atoms with Crippen LogP contribution < -0.4 is 0 Å². The van der Waals surface area contributed by atoms with Crippen molar-refractivity contribution in [2.24, 2.45) is 0 Å². The molecule has 0 heterocycles. The van der Waals surface area contributed by atoms with Crippen LogP contribution >= 0.6 is 0 Å². The van der Waals surface area contributed by atoms with Crippen molar-refractivity contribution in [2.45, 2.75) is 46.8 Å². The number of ether oxygens (including phenoxy) is 2. The quantitative estimate of drug-likeness (QED) is 0.594. The largest absolute Gasteiger partial charge is 0.421 e. The third-order valence-electron chi connectivity index (χ3n) is 3.03. The SMILES string of the molecule is CCC(=Cc1ccccc1CC)C(OC(C)=O)OC(C)=O. The highest BCUT2D eigenvalue weighted by Gasteiger charge is 2.19. The fourth-order valence-corrected chi connectivity index (χ4v) is 2.01. The third-order valence-corrected chi connectivity index (χ3v) is 3.03. The number of rotatable bonds is 6. The number of aryl methyl sites for hydroxylation is 1. The van der Waals surface area contributed by atoms with Crippen molar-refractivity contribution in [3.05, 3.63) is 41.0 Å². The minimum Gasteiger partial charge on any atom is -0.421 e. The van der Waals surface area contributed by atoms with Gasteiger partial charge in [-0.25, -0.2) is 0 Å². The second kappa shape index (κ2) is 8.25. The summed E-state index contributed by atoms with van der Waals surface area (Å²) in [4.78, 5) is 22.4. The maximum Gasteiger partial charge on any atom is 0.305 e. The average Bonchev–Trinajstić information content (AvgIpc) is 2.43. The molecule has 0 unspecified atom stereocenters. The monoisotopic (exact) mass is 290 g/mol. The summed E-state index contributed by atoms with van der Waals surface area (Å²) in [5.41, 5.74) is 2.98. The minimum absolute atomic E-state index is 0.482. The summed E-state index contributed by atoms with van der Waals surface area (Å²) in [5.74, 6) is -0.964. The smallest absolute Gasteiger partial charge is 0.305 e. The predicted molar refractivity (Wildman–Crippen MR) is 81.4 cm³/mol. The van der Waals surface area contributed by atoms with Crippen LogP contribution in [0.1, 0.15) is 45.2 Å². The standard InChI is InChI=1S/C17H22O4/c1-5-14-9-7-8-10-16(14)11-15(6-2)17(20-12(3)18)21-13(4)19/h7-11,17H,5-6H2,1-4H3. The molecule has 0 radical (unpaired) electrons. The molecule has 4 heteroatoms. The number of hydrogen-bond donors (Lipinski definition) is 0. The lowest BCUT2D eigenvalue weighted by Gasteiger charge is -2.19. The summed E-state index contributed by atoms with van der Waals surface area (Å²) in [6, 6.07) is 7.97. The van der Waals surface area contributed by atoms with E-state index in [1.54, 1.807) is 0 Å². The predicted octanol–water partition coefficient (Wildman–Crippen LogP) is 3.49. The Morgan fingerprint density at radius 1 is 1.10 bits per heavy atom. The maximum atomic E-state index is 11.2. The first kappa shape index (κ1) is 17.0. The van der Waals surface area contributed by atoms with Gasteiger partial charge in [0, 0.05) is 19.4 Å². The summed E-state index contributed by atoms with van der Waals surface area (Å²) in [7, 11) is 0. The van der Waals surface area contributed by atoms with Crippen molar-refractivity contribution in [2.75, 3.05) is 0 Å². The first-order chi connectivity index (χ1) is 9.97. The molecule has 1 aromatic rings. The molecule has 0 N–H and O–H groups in total. The van der Waals surface area contributed by atoms with Crippen LogP contribution in [0.5, 0.6) is 0 Å². The molecule has 0 atom stereocenters. The molecule has 0 amide bonds. The number of benzene rings is 1. The van der Waals surface area contributed by atoms with Gasteiger partial charge in [0.25, 0.3) is 6.29 Å². The lowest BCUT2D eigenvalue weighted by molar-refractivity contribution is -0.178. The highest BCUT2D eigenvalue weighted by Crippen LogP contribution is 2.20. The van der Waals surface area contributed by atoms with Gasteiger partial charge in [0.2, 0.25) is 0 Å². The molecule has 1 aromatic carbocycles. The number of hydrogen-bond acceptors (Lipinski definition) is 4. The van der Waals surface area contributed by atoms with Gasteiger partial charge in [-0.15, -0.1) is 0 Å². The van der Waals surface area contributed by atoms with Crippen LogP contribution in [-0.4, -0.2) is 18.2 Å². The Morgan fingerprint density at radius 2 is 1.67 bits per heavy atom. The molecule has 0 saturated carbocycles. The molecule has 0 aliphatic rings. The van der Waals surface area contributed by atoms with Crippen LogP contribution in [0.2, 0.25) is 0 Å². The second-order valence-corrected chi connectivity index (χ2v) is 4.68. The minimum atomic E-state index is -0.963. The molecule has 4 nitrogen and oxygen atoms in total. The van der Waals surface area contributed by atoms with Gasteiger partial charge in [0.05, 0.1) is 0 Å². The van der Waals surface area contributed by atoms with Crippen molar-refractivity contribution in [3.8, 4) is 0 Å². The molecular weight excluding hydrogens is 268 g/mol. The van der Waals surface area contributed by atoms with Crippen LogP contribution in [0.4, 0.5) is 0 Å². The summed E-state index contributed by atoms with van der Waals surface area (Å²) in [5, 5.41) is 0. The number of carbonyl (C=O) groups is 2. The fraction of sp³-hybridized carbons (Fsp3) is 0.412. The Bertz CT molecular complexity index is 515. The van der Waals surface area contributed by atoms with Crippen molar-refractivity contribution in [3.63, 3.8) is 0 Å². The summed E-state index contributed by atoms with van der Waals surface area (Å²) in [6.45, 7) is 6.60. The van der Waals surface area contributed by atoms with Gasteiger partial charge in [0.15, 0.2) is 0 Å². The lowest BCUT2D eigenvalue weighted by atomic mass is 10.0. The Kier molecular flexibility index (Phi) is 6.66. The van der Waals surface area contributed by atoms with E-state index in [1.807, 2.05) is 37.3 Å². The zero-order valence-corrected chi connectivity index (χ0v) is 13.0. The first-order valence-corrected chi connectivity index (χ1v) is 7.10. The maximum absolute atomic E-state index is 11.2. The van der Waals surface area contributed by atoms with Gasteiger partial charge in [-0.2, -0.15) is 0 Å². The van der Waals surface area contributed by atoms with Crippen molar-refractivity contribution in [1.29, 1.82) is 0 Å². The molecule has 21 heavy (non-hydrogen) atoms. The van der Waals surface area contributed by atoms with E-state index in [9.17, 15) is 9.59 Å². The first-order valence-electron chi connectivity index (χ1n) is 7.10. The van der Waals surface area contributed by atoms with E-state index in [1.165, 1.54) is 19.4 Å². The van der Waals surface area contributed by atoms with Crippen molar-refractivity contribution < 1.29 is 19.1 Å². The van der Waals surface area contributed by atoms with Crippen LogP contribution in [-0.2, 0) is 25.5 Å². The van der Waals surface area contributed by atoms with Crippen molar-refractivity contribution in [1.82, 2.24) is 0 Å².